The number of hydrogen-bond acceptors (Lipinski definition) is 3. The van der Waals surface area contributed by atoms with E-state index in [1.54, 1.807) is 13.0 Å². The molecule has 0 aliphatic heterocycles. The molecule has 2 aromatic carbocycles. The molecule has 3 rings (SSSR count). The van der Waals surface area contributed by atoms with Crippen molar-refractivity contribution in [2.24, 2.45) is 0 Å². The molecule has 0 fully saturated rings. The van der Waals surface area contributed by atoms with E-state index in [0.29, 0.717) is 11.5 Å². The lowest BCUT2D eigenvalue weighted by Gasteiger charge is -2.13. The van der Waals surface area contributed by atoms with Gasteiger partial charge in [0.2, 0.25) is 5.91 Å². The number of carbonyl (C=O) groups excluding carboxylic acids is 1. The van der Waals surface area contributed by atoms with E-state index in [0.717, 1.165) is 5.56 Å². The van der Waals surface area contributed by atoms with Crippen molar-refractivity contribution in [1.82, 2.24) is 9.55 Å². The molecule has 1 amide bonds. The van der Waals surface area contributed by atoms with Crippen LogP contribution in [0.3, 0.4) is 0 Å². The number of carbonyl (C=O) groups is 1. The van der Waals surface area contributed by atoms with Crippen molar-refractivity contribution in [2.45, 2.75) is 13.5 Å². The fourth-order valence-corrected chi connectivity index (χ4v) is 2.48. The molecule has 3 aromatic rings. The summed E-state index contributed by atoms with van der Waals surface area (Å²) < 4.78 is 14.9. The molecule has 1 aromatic heterocycles. The van der Waals surface area contributed by atoms with Crippen molar-refractivity contribution in [1.29, 1.82) is 0 Å². The topological polar surface area (TPSA) is 64.0 Å². The summed E-state index contributed by atoms with van der Waals surface area (Å²) in [4.78, 5) is 29.0. The molecular formula is C19H16FN3O2. The molecule has 0 radical (unpaired) electrons. The lowest BCUT2D eigenvalue weighted by molar-refractivity contribution is -0.116. The first-order chi connectivity index (χ1) is 12.0. The molecule has 126 valence electrons. The zero-order valence-electron chi connectivity index (χ0n) is 13.6. The molecule has 0 bridgehead atoms. The maximum absolute atomic E-state index is 13.7. The number of hydrogen-bond donors (Lipinski definition) is 1. The highest BCUT2D eigenvalue weighted by Crippen LogP contribution is 2.16. The Morgan fingerprint density at radius 2 is 1.80 bits per heavy atom. The van der Waals surface area contributed by atoms with Crippen LogP contribution < -0.4 is 10.9 Å². The molecule has 0 saturated heterocycles. The van der Waals surface area contributed by atoms with Crippen molar-refractivity contribution in [2.75, 3.05) is 5.32 Å². The van der Waals surface area contributed by atoms with Crippen LogP contribution in [0.1, 0.15) is 5.69 Å². The number of nitrogens with zero attached hydrogens (tertiary/aromatic N) is 2. The highest BCUT2D eigenvalue weighted by Gasteiger charge is 2.14. The number of aryl methyl sites for hydroxylation is 1. The van der Waals surface area contributed by atoms with E-state index in [1.807, 2.05) is 30.3 Å². The second kappa shape index (κ2) is 7.09. The van der Waals surface area contributed by atoms with Crippen molar-refractivity contribution < 1.29 is 9.18 Å². The zero-order chi connectivity index (χ0) is 17.8. The number of nitrogens with one attached hydrogen (secondary N) is 1. The molecular weight excluding hydrogens is 321 g/mol. The Kier molecular flexibility index (Phi) is 4.70. The smallest absolute Gasteiger partial charge is 0.254 e. The summed E-state index contributed by atoms with van der Waals surface area (Å²) in [6.45, 7) is 1.46. The minimum atomic E-state index is -0.534. The molecule has 1 N–H and O–H groups in total. The second-order valence-electron chi connectivity index (χ2n) is 5.54. The van der Waals surface area contributed by atoms with E-state index in [4.69, 9.17) is 0 Å². The minimum absolute atomic E-state index is 0.0712. The van der Waals surface area contributed by atoms with Gasteiger partial charge in [0.25, 0.3) is 5.56 Å². The lowest BCUT2D eigenvalue weighted by atomic mass is 10.2. The van der Waals surface area contributed by atoms with Gasteiger partial charge in [0, 0.05) is 17.3 Å². The fraction of sp³-hybridized carbons (Fsp3) is 0.105. The van der Waals surface area contributed by atoms with E-state index >= 15 is 0 Å². The molecule has 0 saturated carbocycles. The molecule has 5 nitrogen and oxygen atoms in total. The van der Waals surface area contributed by atoms with Gasteiger partial charge in [-0.2, -0.15) is 0 Å². The number of para-hydroxylation sites is 1. The summed E-state index contributed by atoms with van der Waals surface area (Å²) in [6, 6.07) is 16.4. The Labute approximate surface area is 143 Å². The van der Waals surface area contributed by atoms with Gasteiger partial charge < -0.3 is 5.32 Å². The van der Waals surface area contributed by atoms with E-state index in [1.165, 1.54) is 28.8 Å². The molecule has 6 heteroatoms. The number of amides is 1. The predicted molar refractivity (Wildman–Crippen MR) is 93.7 cm³/mol. The molecule has 1 heterocycles. The van der Waals surface area contributed by atoms with Gasteiger partial charge in [0.05, 0.1) is 5.69 Å². The number of aromatic nitrogens is 2. The van der Waals surface area contributed by atoms with Gasteiger partial charge in [-0.1, -0.05) is 42.5 Å². The number of anilines is 1. The Balaban J connectivity index is 1.93. The maximum Gasteiger partial charge on any atom is 0.254 e. The fourth-order valence-electron chi connectivity index (χ4n) is 2.48. The highest BCUT2D eigenvalue weighted by molar-refractivity contribution is 5.90. The van der Waals surface area contributed by atoms with Gasteiger partial charge in [-0.05, 0) is 19.1 Å². The largest absolute Gasteiger partial charge is 0.322 e. The third kappa shape index (κ3) is 3.80. The van der Waals surface area contributed by atoms with Crippen molar-refractivity contribution in [3.63, 3.8) is 0 Å². The van der Waals surface area contributed by atoms with Gasteiger partial charge in [-0.25, -0.2) is 9.37 Å². The van der Waals surface area contributed by atoms with Crippen LogP contribution in [0.2, 0.25) is 0 Å². The van der Waals surface area contributed by atoms with Gasteiger partial charge in [-0.3, -0.25) is 14.2 Å². The summed E-state index contributed by atoms with van der Waals surface area (Å²) in [5.41, 5.74) is 1.02. The lowest BCUT2D eigenvalue weighted by Crippen LogP contribution is -2.29. The predicted octanol–water partition coefficient (Wildman–Crippen LogP) is 3.00. The standard InChI is InChI=1S/C19H16FN3O2/c1-13-11-18(25)23(19(21-13)14-7-3-2-4-8-14)12-17(24)22-16-10-6-5-9-15(16)20/h2-11H,12H2,1H3,(H,22,24). The third-order valence-electron chi connectivity index (χ3n) is 3.62. The molecule has 0 unspecified atom stereocenters. The number of rotatable bonds is 4. The molecule has 0 aliphatic rings. The van der Waals surface area contributed by atoms with E-state index < -0.39 is 11.7 Å². The van der Waals surface area contributed by atoms with Gasteiger partial charge in [0.1, 0.15) is 18.2 Å². The SMILES string of the molecule is Cc1cc(=O)n(CC(=O)Nc2ccccc2F)c(-c2ccccc2)n1. The van der Waals surface area contributed by atoms with Crippen molar-refractivity contribution in [3.8, 4) is 11.4 Å². The molecule has 25 heavy (non-hydrogen) atoms. The van der Waals surface area contributed by atoms with Gasteiger partial charge in [0.15, 0.2) is 0 Å². The molecule has 0 atom stereocenters. The van der Waals surface area contributed by atoms with Crippen LogP contribution in [-0.4, -0.2) is 15.5 Å². The second-order valence-corrected chi connectivity index (χ2v) is 5.54. The van der Waals surface area contributed by atoms with Crippen LogP contribution in [0.5, 0.6) is 0 Å². The average Bonchev–Trinajstić information content (AvgIpc) is 2.60. The first-order valence-corrected chi connectivity index (χ1v) is 7.73. The number of halogens is 1. The monoisotopic (exact) mass is 337 g/mol. The van der Waals surface area contributed by atoms with E-state index in [2.05, 4.69) is 10.3 Å². The van der Waals surface area contributed by atoms with Crippen LogP contribution in [-0.2, 0) is 11.3 Å². The van der Waals surface area contributed by atoms with Crippen LogP contribution in [0, 0.1) is 12.7 Å². The third-order valence-corrected chi connectivity index (χ3v) is 3.62. The Bertz CT molecular complexity index is 968. The summed E-state index contributed by atoms with van der Waals surface area (Å²) in [7, 11) is 0. The first kappa shape index (κ1) is 16.6. The quantitative estimate of drug-likeness (QED) is 0.796. The van der Waals surface area contributed by atoms with Crippen LogP contribution in [0.25, 0.3) is 11.4 Å². The number of benzene rings is 2. The van der Waals surface area contributed by atoms with Gasteiger partial charge in [-0.15, -0.1) is 0 Å². The molecule has 0 spiro atoms. The van der Waals surface area contributed by atoms with Crippen molar-refractivity contribution >= 4 is 11.6 Å². The van der Waals surface area contributed by atoms with Crippen LogP contribution in [0.4, 0.5) is 10.1 Å². The highest BCUT2D eigenvalue weighted by atomic mass is 19.1. The van der Waals surface area contributed by atoms with Crippen molar-refractivity contribution in [3.05, 3.63) is 82.5 Å². The van der Waals surface area contributed by atoms with E-state index in [9.17, 15) is 14.0 Å². The van der Waals surface area contributed by atoms with Crippen LogP contribution >= 0.6 is 0 Å². The average molecular weight is 337 g/mol. The van der Waals surface area contributed by atoms with E-state index in [-0.39, 0.29) is 17.8 Å². The Hall–Kier alpha value is -3.28. The zero-order valence-corrected chi connectivity index (χ0v) is 13.6. The van der Waals surface area contributed by atoms with Gasteiger partial charge >= 0.3 is 0 Å². The summed E-state index contributed by atoms with van der Waals surface area (Å²) in [6.07, 6.45) is 0. The molecule has 0 aliphatic carbocycles. The normalized spacial score (nSPS) is 10.5. The summed E-state index contributed by atoms with van der Waals surface area (Å²) >= 11 is 0. The summed E-state index contributed by atoms with van der Waals surface area (Å²) in [5, 5.41) is 2.48. The summed E-state index contributed by atoms with van der Waals surface area (Å²) in [5.74, 6) is -0.641. The first-order valence-electron chi connectivity index (χ1n) is 7.73. The minimum Gasteiger partial charge on any atom is -0.322 e. The Morgan fingerprint density at radius 3 is 2.52 bits per heavy atom. The van der Waals surface area contributed by atoms with Crippen LogP contribution in [0.15, 0.2) is 65.5 Å². The maximum atomic E-state index is 13.7. The Morgan fingerprint density at radius 1 is 1.12 bits per heavy atom.